The summed E-state index contributed by atoms with van der Waals surface area (Å²) < 4.78 is 5.60. The normalized spacial score (nSPS) is 12.2. The first-order chi connectivity index (χ1) is 10.5. The first-order valence-electron chi connectivity index (χ1n) is 7.10. The van der Waals surface area contributed by atoms with Gasteiger partial charge in [-0.2, -0.15) is 0 Å². The number of carbonyl (C=O) groups excluding carboxylic acids is 1. The molecule has 118 valence electrons. The Bertz CT molecular complexity index is 643. The summed E-state index contributed by atoms with van der Waals surface area (Å²) in [6.07, 6.45) is 0. The minimum absolute atomic E-state index is 0.0671. The van der Waals surface area contributed by atoms with Crippen molar-refractivity contribution < 1.29 is 9.21 Å². The predicted molar refractivity (Wildman–Crippen MR) is 88.0 cm³/mol. The largest absolute Gasteiger partial charge is 0.411 e. The molecule has 0 aliphatic rings. The molecule has 1 aromatic carbocycles. The van der Waals surface area contributed by atoms with Gasteiger partial charge in [-0.3, -0.25) is 4.79 Å². The van der Waals surface area contributed by atoms with Gasteiger partial charge >= 0.3 is 0 Å². The van der Waals surface area contributed by atoms with E-state index in [2.05, 4.69) is 10.2 Å². The van der Waals surface area contributed by atoms with Crippen LogP contribution in [0.25, 0.3) is 11.5 Å². The first kappa shape index (κ1) is 16.8. The molecule has 0 bridgehead atoms. The Morgan fingerprint density at radius 1 is 1.36 bits per heavy atom. The molecule has 5 nitrogen and oxygen atoms in total. The van der Waals surface area contributed by atoms with Crippen LogP contribution >= 0.6 is 23.4 Å². The van der Waals surface area contributed by atoms with Gasteiger partial charge in [0.15, 0.2) is 0 Å². The maximum Gasteiger partial charge on any atom is 0.277 e. The molecule has 0 spiro atoms. The van der Waals surface area contributed by atoms with Gasteiger partial charge in [0.25, 0.3) is 5.22 Å². The van der Waals surface area contributed by atoms with Crippen LogP contribution in [0, 0.1) is 0 Å². The minimum Gasteiger partial charge on any atom is -0.411 e. The van der Waals surface area contributed by atoms with Crippen LogP contribution in [-0.2, 0) is 4.79 Å². The van der Waals surface area contributed by atoms with Crippen LogP contribution < -0.4 is 0 Å². The molecule has 1 heterocycles. The summed E-state index contributed by atoms with van der Waals surface area (Å²) in [5.74, 6) is 0.463. The van der Waals surface area contributed by atoms with Gasteiger partial charge in [-0.05, 0) is 39.0 Å². The van der Waals surface area contributed by atoms with E-state index in [1.165, 1.54) is 11.8 Å². The molecule has 0 aliphatic carbocycles. The molecule has 0 radical (unpaired) electrons. The van der Waals surface area contributed by atoms with Crippen molar-refractivity contribution in [2.24, 2.45) is 0 Å². The Hall–Kier alpha value is -1.53. The third kappa shape index (κ3) is 4.01. The second kappa shape index (κ2) is 7.65. The summed E-state index contributed by atoms with van der Waals surface area (Å²) in [6.45, 7) is 7.15. The van der Waals surface area contributed by atoms with Crippen LogP contribution in [0.15, 0.2) is 33.9 Å². The summed E-state index contributed by atoms with van der Waals surface area (Å²) in [4.78, 5) is 14.0. The Balaban J connectivity index is 2.07. The fourth-order valence-electron chi connectivity index (χ4n) is 1.99. The highest BCUT2D eigenvalue weighted by Crippen LogP contribution is 2.27. The number of halogens is 1. The molecule has 0 fully saturated rings. The van der Waals surface area contributed by atoms with E-state index in [9.17, 15) is 4.79 Å². The lowest BCUT2D eigenvalue weighted by Crippen LogP contribution is -2.36. The van der Waals surface area contributed by atoms with Crippen molar-refractivity contribution in [2.75, 3.05) is 13.1 Å². The number of nitrogens with zero attached hydrogens (tertiary/aromatic N) is 3. The lowest BCUT2D eigenvalue weighted by molar-refractivity contribution is -0.129. The Morgan fingerprint density at radius 3 is 2.73 bits per heavy atom. The zero-order valence-electron chi connectivity index (χ0n) is 12.7. The molecule has 2 rings (SSSR count). The van der Waals surface area contributed by atoms with Gasteiger partial charge in [0.2, 0.25) is 11.8 Å². The molecular formula is C15H18ClN3O2S. The Kier molecular flexibility index (Phi) is 5.85. The molecule has 0 saturated carbocycles. The Morgan fingerprint density at radius 2 is 2.09 bits per heavy atom. The van der Waals surface area contributed by atoms with Crippen molar-refractivity contribution in [1.82, 2.24) is 15.1 Å². The predicted octanol–water partition coefficient (Wildman–Crippen LogP) is 3.74. The van der Waals surface area contributed by atoms with Crippen LogP contribution in [-0.4, -0.2) is 39.3 Å². The molecule has 0 aliphatic heterocycles. The van der Waals surface area contributed by atoms with Crippen molar-refractivity contribution >= 4 is 29.3 Å². The third-order valence-electron chi connectivity index (χ3n) is 3.18. The highest BCUT2D eigenvalue weighted by molar-refractivity contribution is 8.00. The van der Waals surface area contributed by atoms with Gasteiger partial charge in [-0.25, -0.2) is 0 Å². The zero-order valence-corrected chi connectivity index (χ0v) is 14.3. The molecular weight excluding hydrogens is 322 g/mol. The number of rotatable bonds is 6. The molecule has 1 unspecified atom stereocenters. The van der Waals surface area contributed by atoms with Crippen LogP contribution in [0.1, 0.15) is 20.8 Å². The van der Waals surface area contributed by atoms with Gasteiger partial charge in [-0.15, -0.1) is 10.2 Å². The summed E-state index contributed by atoms with van der Waals surface area (Å²) in [6, 6.07) is 7.20. The van der Waals surface area contributed by atoms with Crippen molar-refractivity contribution in [3.05, 3.63) is 29.3 Å². The number of aromatic nitrogens is 2. The average molecular weight is 340 g/mol. The summed E-state index contributed by atoms with van der Waals surface area (Å²) in [5.41, 5.74) is 0.759. The molecule has 22 heavy (non-hydrogen) atoms. The van der Waals surface area contributed by atoms with Crippen LogP contribution in [0.2, 0.25) is 5.02 Å². The van der Waals surface area contributed by atoms with Crippen LogP contribution in [0.3, 0.4) is 0 Å². The number of hydrogen-bond acceptors (Lipinski definition) is 5. The van der Waals surface area contributed by atoms with Crippen molar-refractivity contribution in [3.8, 4) is 11.5 Å². The van der Waals surface area contributed by atoms with E-state index in [0.717, 1.165) is 5.56 Å². The average Bonchev–Trinajstić information content (AvgIpc) is 2.97. The molecule has 1 atom stereocenters. The van der Waals surface area contributed by atoms with Gasteiger partial charge in [0.05, 0.1) is 5.25 Å². The van der Waals surface area contributed by atoms with Gasteiger partial charge < -0.3 is 9.32 Å². The second-order valence-corrected chi connectivity index (χ2v) is 6.38. The van der Waals surface area contributed by atoms with Gasteiger partial charge in [0, 0.05) is 23.7 Å². The van der Waals surface area contributed by atoms with E-state index in [1.807, 2.05) is 32.9 Å². The van der Waals surface area contributed by atoms with E-state index >= 15 is 0 Å². The maximum atomic E-state index is 12.2. The number of hydrogen-bond donors (Lipinski definition) is 0. The fourth-order valence-corrected chi connectivity index (χ4v) is 2.95. The summed E-state index contributed by atoms with van der Waals surface area (Å²) in [7, 11) is 0. The highest BCUT2D eigenvalue weighted by Gasteiger charge is 2.22. The number of carbonyl (C=O) groups is 1. The smallest absolute Gasteiger partial charge is 0.277 e. The van der Waals surface area contributed by atoms with Gasteiger partial charge in [-0.1, -0.05) is 29.4 Å². The lowest BCUT2D eigenvalue weighted by Gasteiger charge is -2.21. The second-order valence-electron chi connectivity index (χ2n) is 4.65. The van der Waals surface area contributed by atoms with Crippen LogP contribution in [0.5, 0.6) is 0 Å². The molecule has 1 aromatic heterocycles. The summed E-state index contributed by atoms with van der Waals surface area (Å²) >= 11 is 7.21. The summed E-state index contributed by atoms with van der Waals surface area (Å²) in [5, 5.41) is 8.71. The van der Waals surface area contributed by atoms with E-state index in [-0.39, 0.29) is 11.2 Å². The van der Waals surface area contributed by atoms with Crippen LogP contribution in [0.4, 0.5) is 0 Å². The van der Waals surface area contributed by atoms with Crippen molar-refractivity contribution in [1.29, 1.82) is 0 Å². The highest BCUT2D eigenvalue weighted by atomic mass is 35.5. The number of thioether (sulfide) groups is 1. The SMILES string of the molecule is CCN(CC)C(=O)C(C)Sc1nnc(-c2cccc(Cl)c2)o1. The topological polar surface area (TPSA) is 59.2 Å². The van der Waals surface area contributed by atoms with Gasteiger partial charge in [0.1, 0.15) is 0 Å². The van der Waals surface area contributed by atoms with E-state index < -0.39 is 0 Å². The van der Waals surface area contributed by atoms with E-state index in [0.29, 0.717) is 29.2 Å². The van der Waals surface area contributed by atoms with Crippen molar-refractivity contribution in [3.63, 3.8) is 0 Å². The quantitative estimate of drug-likeness (QED) is 0.750. The third-order valence-corrected chi connectivity index (χ3v) is 4.34. The maximum absolute atomic E-state index is 12.2. The van der Waals surface area contributed by atoms with E-state index in [1.54, 1.807) is 17.0 Å². The number of benzene rings is 1. The Labute approximate surface area is 139 Å². The lowest BCUT2D eigenvalue weighted by atomic mass is 10.2. The zero-order chi connectivity index (χ0) is 16.1. The molecule has 0 N–H and O–H groups in total. The van der Waals surface area contributed by atoms with E-state index in [4.69, 9.17) is 16.0 Å². The van der Waals surface area contributed by atoms with Crippen molar-refractivity contribution in [2.45, 2.75) is 31.2 Å². The monoisotopic (exact) mass is 339 g/mol. The molecule has 7 heteroatoms. The standard InChI is InChI=1S/C15H18ClN3O2S/c1-4-19(5-2)14(20)10(3)22-15-18-17-13(21-15)11-7-6-8-12(16)9-11/h6-10H,4-5H2,1-3H3. The molecule has 1 amide bonds. The first-order valence-corrected chi connectivity index (χ1v) is 8.35. The fraction of sp³-hybridized carbons (Fsp3) is 0.400. The molecule has 0 saturated heterocycles. The molecule has 2 aromatic rings. The minimum atomic E-state index is -0.271. The number of amides is 1.